The van der Waals surface area contributed by atoms with Crippen molar-refractivity contribution in [2.75, 3.05) is 6.54 Å². The Kier molecular flexibility index (Phi) is 3.80. The highest BCUT2D eigenvalue weighted by Crippen LogP contribution is 2.31. The van der Waals surface area contributed by atoms with Crippen molar-refractivity contribution in [2.45, 2.75) is 25.4 Å². The molecule has 3 rings (SSSR count). The van der Waals surface area contributed by atoms with Gasteiger partial charge in [0.05, 0.1) is 23.4 Å². The zero-order chi connectivity index (χ0) is 14.7. The summed E-state index contributed by atoms with van der Waals surface area (Å²) < 4.78 is 0. The van der Waals surface area contributed by atoms with Crippen LogP contribution in [0.2, 0.25) is 0 Å². The molecule has 1 aliphatic rings. The molecule has 5 nitrogen and oxygen atoms in total. The van der Waals surface area contributed by atoms with E-state index < -0.39 is 0 Å². The van der Waals surface area contributed by atoms with Crippen LogP contribution in [0.3, 0.4) is 0 Å². The molecule has 0 aliphatic carbocycles. The minimum atomic E-state index is -0.182. The molecule has 1 unspecified atom stereocenters. The highest BCUT2D eigenvalue weighted by molar-refractivity contribution is 5.37. The van der Waals surface area contributed by atoms with Gasteiger partial charge < -0.3 is 0 Å². The molecule has 1 saturated heterocycles. The van der Waals surface area contributed by atoms with E-state index in [2.05, 4.69) is 21.2 Å². The summed E-state index contributed by atoms with van der Waals surface area (Å²) in [6, 6.07) is 13.4. The fourth-order valence-electron chi connectivity index (χ4n) is 2.88. The van der Waals surface area contributed by atoms with Crippen molar-refractivity contribution in [3.8, 4) is 6.07 Å². The van der Waals surface area contributed by atoms with E-state index in [0.29, 0.717) is 0 Å². The molecule has 1 atom stereocenters. The summed E-state index contributed by atoms with van der Waals surface area (Å²) in [4.78, 5) is 13.4. The molecule has 1 aliphatic heterocycles. The van der Waals surface area contributed by atoms with Crippen molar-refractivity contribution in [3.63, 3.8) is 0 Å². The molecular formula is C16H16N4O. The predicted molar refractivity (Wildman–Crippen MR) is 78.4 cm³/mol. The Labute approximate surface area is 122 Å². The van der Waals surface area contributed by atoms with Crippen molar-refractivity contribution >= 4 is 0 Å². The maximum atomic E-state index is 11.1. The first-order valence-corrected chi connectivity index (χ1v) is 7.05. The first-order valence-electron chi connectivity index (χ1n) is 7.05. The van der Waals surface area contributed by atoms with E-state index in [0.717, 1.165) is 42.8 Å². The molecule has 1 aromatic carbocycles. The van der Waals surface area contributed by atoms with Gasteiger partial charge in [-0.3, -0.25) is 9.69 Å². The average Bonchev–Trinajstić information content (AvgIpc) is 2.97. The zero-order valence-electron chi connectivity index (χ0n) is 11.6. The molecule has 2 aromatic rings. The minimum absolute atomic E-state index is 0.182. The van der Waals surface area contributed by atoms with Crippen molar-refractivity contribution in [3.05, 3.63) is 63.6 Å². The molecule has 0 bridgehead atoms. The second kappa shape index (κ2) is 5.90. The number of likely N-dealkylation sites (tertiary alicyclic amines) is 1. The lowest BCUT2D eigenvalue weighted by Gasteiger charge is -2.24. The second-order valence-corrected chi connectivity index (χ2v) is 5.24. The lowest BCUT2D eigenvalue weighted by Crippen LogP contribution is -2.25. The van der Waals surface area contributed by atoms with Crippen LogP contribution in [0.5, 0.6) is 0 Å². The number of nitriles is 1. The molecule has 5 heteroatoms. The van der Waals surface area contributed by atoms with Crippen molar-refractivity contribution in [1.82, 2.24) is 15.1 Å². The molecule has 0 saturated carbocycles. The van der Waals surface area contributed by atoms with Gasteiger partial charge in [0.25, 0.3) is 5.56 Å². The Morgan fingerprint density at radius 3 is 2.95 bits per heavy atom. The van der Waals surface area contributed by atoms with Crippen LogP contribution in [0.1, 0.15) is 35.7 Å². The summed E-state index contributed by atoms with van der Waals surface area (Å²) in [5, 5.41) is 15.8. The normalized spacial score (nSPS) is 18.5. The quantitative estimate of drug-likeness (QED) is 0.933. The number of benzene rings is 1. The van der Waals surface area contributed by atoms with E-state index in [-0.39, 0.29) is 11.6 Å². The average molecular weight is 280 g/mol. The molecular weight excluding hydrogens is 264 g/mol. The third-order valence-electron chi connectivity index (χ3n) is 3.92. The van der Waals surface area contributed by atoms with Crippen LogP contribution in [0.25, 0.3) is 0 Å². The number of hydrogen-bond acceptors (Lipinski definition) is 4. The number of nitrogens with zero attached hydrogens (tertiary/aromatic N) is 3. The number of aromatic nitrogens is 2. The molecule has 106 valence electrons. The minimum Gasteiger partial charge on any atom is -0.290 e. The highest BCUT2D eigenvalue weighted by atomic mass is 16.1. The van der Waals surface area contributed by atoms with Crippen LogP contribution in [-0.2, 0) is 6.54 Å². The van der Waals surface area contributed by atoms with Gasteiger partial charge in [-0.15, -0.1) is 0 Å². The van der Waals surface area contributed by atoms with Crippen LogP contribution in [0, 0.1) is 11.3 Å². The molecule has 21 heavy (non-hydrogen) atoms. The van der Waals surface area contributed by atoms with Gasteiger partial charge in [0.2, 0.25) is 0 Å². The number of nitrogens with one attached hydrogen (secondary N) is 1. The topological polar surface area (TPSA) is 72.8 Å². The largest absolute Gasteiger partial charge is 0.290 e. The van der Waals surface area contributed by atoms with Crippen molar-refractivity contribution < 1.29 is 0 Å². The molecule has 1 N–H and O–H groups in total. The number of hydrogen-bond donors (Lipinski definition) is 1. The molecule has 0 radical (unpaired) electrons. The molecule has 0 amide bonds. The lowest BCUT2D eigenvalue weighted by atomic mass is 10.1. The van der Waals surface area contributed by atoms with Crippen LogP contribution in [0.15, 0.2) is 41.2 Å². The SMILES string of the molecule is N#Cc1ccccc1CN1CCCC1c1ccc(=O)[nH]n1. The highest BCUT2D eigenvalue weighted by Gasteiger charge is 2.27. The van der Waals surface area contributed by atoms with Gasteiger partial charge in [0, 0.05) is 12.6 Å². The molecule has 1 aromatic heterocycles. The fourth-order valence-corrected chi connectivity index (χ4v) is 2.88. The molecule has 0 spiro atoms. The van der Waals surface area contributed by atoms with Crippen LogP contribution in [0.4, 0.5) is 0 Å². The zero-order valence-corrected chi connectivity index (χ0v) is 11.6. The van der Waals surface area contributed by atoms with E-state index in [1.165, 1.54) is 6.07 Å². The van der Waals surface area contributed by atoms with E-state index in [9.17, 15) is 10.1 Å². The Bertz CT molecular complexity index is 711. The summed E-state index contributed by atoms with van der Waals surface area (Å²) in [5.41, 5.74) is 2.47. The summed E-state index contributed by atoms with van der Waals surface area (Å²) in [5.74, 6) is 0. The van der Waals surface area contributed by atoms with Crippen LogP contribution < -0.4 is 5.56 Å². The smallest absolute Gasteiger partial charge is 0.264 e. The fraction of sp³-hybridized carbons (Fsp3) is 0.312. The van der Waals surface area contributed by atoms with Crippen molar-refractivity contribution in [1.29, 1.82) is 5.26 Å². The standard InChI is InChI=1S/C16H16N4O/c17-10-12-4-1-2-5-13(12)11-20-9-3-6-15(20)14-7-8-16(21)19-18-14/h1-2,4-5,7-8,15H,3,6,9,11H2,(H,19,21). The Morgan fingerprint density at radius 1 is 1.33 bits per heavy atom. The monoisotopic (exact) mass is 280 g/mol. The Morgan fingerprint density at radius 2 is 2.19 bits per heavy atom. The number of rotatable bonds is 3. The summed E-state index contributed by atoms with van der Waals surface area (Å²) in [7, 11) is 0. The van der Waals surface area contributed by atoms with E-state index in [1.807, 2.05) is 24.3 Å². The lowest BCUT2D eigenvalue weighted by molar-refractivity contribution is 0.243. The summed E-state index contributed by atoms with van der Waals surface area (Å²) in [6.07, 6.45) is 2.12. The Balaban J connectivity index is 1.83. The number of aromatic amines is 1. The third-order valence-corrected chi connectivity index (χ3v) is 3.92. The van der Waals surface area contributed by atoms with Gasteiger partial charge in [0.15, 0.2) is 0 Å². The van der Waals surface area contributed by atoms with Crippen molar-refractivity contribution in [2.24, 2.45) is 0 Å². The van der Waals surface area contributed by atoms with Gasteiger partial charge in [0.1, 0.15) is 0 Å². The van der Waals surface area contributed by atoms with Gasteiger partial charge in [-0.1, -0.05) is 18.2 Å². The third kappa shape index (κ3) is 2.86. The van der Waals surface area contributed by atoms with E-state index in [1.54, 1.807) is 6.07 Å². The predicted octanol–water partition coefficient (Wildman–Crippen LogP) is 1.98. The van der Waals surface area contributed by atoms with Crippen LogP contribution >= 0.6 is 0 Å². The van der Waals surface area contributed by atoms with Gasteiger partial charge in [-0.25, -0.2) is 5.10 Å². The van der Waals surface area contributed by atoms with E-state index in [4.69, 9.17) is 0 Å². The van der Waals surface area contributed by atoms with E-state index >= 15 is 0 Å². The second-order valence-electron chi connectivity index (χ2n) is 5.24. The first-order chi connectivity index (χ1) is 10.3. The van der Waals surface area contributed by atoms with Gasteiger partial charge in [-0.2, -0.15) is 10.4 Å². The van der Waals surface area contributed by atoms with Gasteiger partial charge in [-0.05, 0) is 37.1 Å². The van der Waals surface area contributed by atoms with Gasteiger partial charge >= 0.3 is 0 Å². The maximum Gasteiger partial charge on any atom is 0.264 e. The number of H-pyrrole nitrogens is 1. The first kappa shape index (κ1) is 13.5. The molecule has 2 heterocycles. The summed E-state index contributed by atoms with van der Waals surface area (Å²) in [6.45, 7) is 1.71. The van der Waals surface area contributed by atoms with Crippen LogP contribution in [-0.4, -0.2) is 21.6 Å². The Hall–Kier alpha value is -2.45. The maximum absolute atomic E-state index is 11.1. The molecule has 1 fully saturated rings. The summed E-state index contributed by atoms with van der Waals surface area (Å²) >= 11 is 0.